The van der Waals surface area contributed by atoms with E-state index in [1.807, 2.05) is 20.2 Å². The fraction of sp³-hybridized carbons (Fsp3) is 0.400. The Hall–Kier alpha value is -1.69. The van der Waals surface area contributed by atoms with Gasteiger partial charge in [-0.1, -0.05) is 0 Å². The molecule has 0 N–H and O–H groups in total. The van der Waals surface area contributed by atoms with Crippen molar-refractivity contribution >= 4 is 27.0 Å². The molecule has 21 heavy (non-hydrogen) atoms. The molecule has 108 valence electrons. The monoisotopic (exact) mass is 345 g/mol. The predicted octanol–water partition coefficient (Wildman–Crippen LogP) is 3.32. The molecule has 1 saturated carbocycles. The minimum atomic E-state index is 0.654. The summed E-state index contributed by atoms with van der Waals surface area (Å²) in [4.78, 5) is 9.34. The van der Waals surface area contributed by atoms with Crippen LogP contribution in [0.25, 0.3) is 22.4 Å². The quantitative estimate of drug-likeness (QED) is 0.715. The van der Waals surface area contributed by atoms with Gasteiger partial charge in [0.25, 0.3) is 0 Å². The van der Waals surface area contributed by atoms with Crippen molar-refractivity contribution < 1.29 is 0 Å². The van der Waals surface area contributed by atoms with E-state index in [0.29, 0.717) is 5.92 Å². The molecule has 3 aromatic rings. The van der Waals surface area contributed by atoms with Crippen LogP contribution in [-0.4, -0.2) is 24.3 Å². The highest BCUT2D eigenvalue weighted by Crippen LogP contribution is 2.44. The van der Waals surface area contributed by atoms with Crippen molar-refractivity contribution in [2.75, 3.05) is 0 Å². The third-order valence-electron chi connectivity index (χ3n) is 4.10. The number of hydrogen-bond acceptors (Lipinski definition) is 3. The summed E-state index contributed by atoms with van der Waals surface area (Å²) in [6.07, 6.45) is 4.51. The van der Waals surface area contributed by atoms with Gasteiger partial charge in [-0.25, -0.2) is 9.97 Å². The van der Waals surface area contributed by atoms with Crippen LogP contribution < -0.4 is 0 Å². The van der Waals surface area contributed by atoms with Gasteiger partial charge in [0.05, 0.1) is 11.4 Å². The lowest BCUT2D eigenvalue weighted by atomic mass is 10.1. The lowest BCUT2D eigenvalue weighted by molar-refractivity contribution is 0.775. The molecule has 6 heteroatoms. The van der Waals surface area contributed by atoms with Crippen molar-refractivity contribution in [3.8, 4) is 11.4 Å². The normalized spacial score (nSPS) is 15.0. The summed E-state index contributed by atoms with van der Waals surface area (Å²) in [5, 5.41) is 5.41. The van der Waals surface area contributed by atoms with Gasteiger partial charge in [0, 0.05) is 37.2 Å². The molecular weight excluding hydrogens is 330 g/mol. The largest absolute Gasteiger partial charge is 0.330 e. The lowest BCUT2D eigenvalue weighted by Crippen LogP contribution is -1.99. The molecule has 1 aliphatic carbocycles. The van der Waals surface area contributed by atoms with Gasteiger partial charge < -0.3 is 4.57 Å². The van der Waals surface area contributed by atoms with E-state index >= 15 is 0 Å². The molecule has 0 saturated heterocycles. The van der Waals surface area contributed by atoms with Crippen molar-refractivity contribution in [1.82, 2.24) is 24.3 Å². The Morgan fingerprint density at radius 3 is 2.71 bits per heavy atom. The Balaban J connectivity index is 1.93. The molecule has 3 heterocycles. The number of aryl methyl sites for hydroxylation is 2. The Labute approximate surface area is 131 Å². The maximum absolute atomic E-state index is 4.73. The van der Waals surface area contributed by atoms with Crippen LogP contribution in [0.5, 0.6) is 0 Å². The van der Waals surface area contributed by atoms with E-state index in [1.54, 1.807) is 4.68 Å². The van der Waals surface area contributed by atoms with Crippen LogP contribution in [0.2, 0.25) is 0 Å². The van der Waals surface area contributed by atoms with Gasteiger partial charge in [-0.3, -0.25) is 4.68 Å². The molecule has 1 aliphatic rings. The molecule has 0 unspecified atom stereocenters. The van der Waals surface area contributed by atoms with Crippen LogP contribution in [0.15, 0.2) is 16.9 Å². The number of aromatic nitrogens is 5. The van der Waals surface area contributed by atoms with Gasteiger partial charge in [0.15, 0.2) is 5.65 Å². The second kappa shape index (κ2) is 4.40. The van der Waals surface area contributed by atoms with Crippen molar-refractivity contribution in [2.45, 2.75) is 25.7 Å². The van der Waals surface area contributed by atoms with Crippen LogP contribution in [0.1, 0.15) is 30.1 Å². The number of hydrogen-bond donors (Lipinski definition) is 0. The zero-order valence-corrected chi connectivity index (χ0v) is 13.8. The summed E-state index contributed by atoms with van der Waals surface area (Å²) in [7, 11) is 4.01. The van der Waals surface area contributed by atoms with E-state index in [9.17, 15) is 0 Å². The van der Waals surface area contributed by atoms with Gasteiger partial charge in [-0.15, -0.1) is 0 Å². The maximum Gasteiger partial charge on any atom is 0.181 e. The standard InChI is InChI=1S/C15H16BrN5/c1-8-11(6-10-7-20(2)19-14(10)17-8)15-18-13(16)12(21(15)3)9-4-5-9/h6-7,9H,4-5H2,1-3H3. The van der Waals surface area contributed by atoms with E-state index in [4.69, 9.17) is 4.98 Å². The molecule has 0 aliphatic heterocycles. The number of nitrogens with zero attached hydrogens (tertiary/aromatic N) is 5. The van der Waals surface area contributed by atoms with Crippen LogP contribution in [0, 0.1) is 6.92 Å². The number of pyridine rings is 1. The van der Waals surface area contributed by atoms with Crippen LogP contribution in [-0.2, 0) is 14.1 Å². The third kappa shape index (κ3) is 2.00. The van der Waals surface area contributed by atoms with Gasteiger partial charge in [0.1, 0.15) is 10.4 Å². The summed E-state index contributed by atoms with van der Waals surface area (Å²) in [5.74, 6) is 1.63. The summed E-state index contributed by atoms with van der Waals surface area (Å²) in [5.41, 5.74) is 4.12. The van der Waals surface area contributed by atoms with E-state index in [2.05, 4.69) is 43.7 Å². The van der Waals surface area contributed by atoms with Gasteiger partial charge in [-0.05, 0) is 41.8 Å². The molecule has 0 aromatic carbocycles. The molecular formula is C15H16BrN5. The van der Waals surface area contributed by atoms with Crippen LogP contribution >= 0.6 is 15.9 Å². The first-order valence-electron chi connectivity index (χ1n) is 7.08. The number of halogens is 1. The Kier molecular flexibility index (Phi) is 2.73. The van der Waals surface area contributed by atoms with Crippen molar-refractivity contribution in [2.24, 2.45) is 14.1 Å². The van der Waals surface area contributed by atoms with Crippen molar-refractivity contribution in [3.05, 3.63) is 28.3 Å². The Morgan fingerprint density at radius 2 is 2.00 bits per heavy atom. The summed E-state index contributed by atoms with van der Waals surface area (Å²) in [6, 6.07) is 2.14. The first-order valence-corrected chi connectivity index (χ1v) is 7.87. The van der Waals surface area contributed by atoms with E-state index in [0.717, 1.165) is 32.7 Å². The highest BCUT2D eigenvalue weighted by molar-refractivity contribution is 9.10. The first-order chi connectivity index (χ1) is 10.0. The molecule has 0 spiro atoms. The molecule has 5 nitrogen and oxygen atoms in total. The van der Waals surface area contributed by atoms with E-state index in [1.165, 1.54) is 18.5 Å². The SMILES string of the molecule is Cc1nc2nn(C)cc2cc1-c1nc(Br)c(C2CC2)n1C. The summed E-state index contributed by atoms with van der Waals surface area (Å²) < 4.78 is 4.96. The number of imidazole rings is 1. The number of fused-ring (bicyclic) bond motifs is 1. The van der Waals surface area contributed by atoms with E-state index < -0.39 is 0 Å². The molecule has 0 amide bonds. The Morgan fingerprint density at radius 1 is 1.24 bits per heavy atom. The first kappa shape index (κ1) is 13.0. The van der Waals surface area contributed by atoms with Gasteiger partial charge in [0.2, 0.25) is 0 Å². The molecule has 1 fully saturated rings. The molecule has 3 aromatic heterocycles. The highest BCUT2D eigenvalue weighted by atomic mass is 79.9. The van der Waals surface area contributed by atoms with Crippen LogP contribution in [0.3, 0.4) is 0 Å². The maximum atomic E-state index is 4.73. The minimum Gasteiger partial charge on any atom is -0.330 e. The topological polar surface area (TPSA) is 48.5 Å². The molecule has 0 radical (unpaired) electrons. The lowest BCUT2D eigenvalue weighted by Gasteiger charge is -2.07. The van der Waals surface area contributed by atoms with Crippen molar-refractivity contribution in [3.63, 3.8) is 0 Å². The molecule has 0 atom stereocenters. The van der Waals surface area contributed by atoms with Gasteiger partial charge >= 0.3 is 0 Å². The fourth-order valence-electron chi connectivity index (χ4n) is 2.91. The fourth-order valence-corrected chi connectivity index (χ4v) is 3.66. The predicted molar refractivity (Wildman–Crippen MR) is 85.1 cm³/mol. The smallest absolute Gasteiger partial charge is 0.181 e. The average Bonchev–Trinajstić information content (AvgIpc) is 3.11. The minimum absolute atomic E-state index is 0.654. The summed E-state index contributed by atoms with van der Waals surface area (Å²) >= 11 is 3.62. The Bertz CT molecular complexity index is 857. The molecule has 4 rings (SSSR count). The summed E-state index contributed by atoms with van der Waals surface area (Å²) in [6.45, 7) is 2.02. The number of rotatable bonds is 2. The average molecular weight is 346 g/mol. The second-order valence-electron chi connectivity index (χ2n) is 5.78. The van der Waals surface area contributed by atoms with Crippen molar-refractivity contribution in [1.29, 1.82) is 0 Å². The zero-order chi connectivity index (χ0) is 14.7. The highest BCUT2D eigenvalue weighted by Gasteiger charge is 2.31. The van der Waals surface area contributed by atoms with Gasteiger partial charge in [-0.2, -0.15) is 5.10 Å². The third-order valence-corrected chi connectivity index (χ3v) is 4.68. The molecule has 0 bridgehead atoms. The van der Waals surface area contributed by atoms with E-state index in [-0.39, 0.29) is 0 Å². The second-order valence-corrected chi connectivity index (χ2v) is 6.53. The van der Waals surface area contributed by atoms with Crippen LogP contribution in [0.4, 0.5) is 0 Å². The zero-order valence-electron chi connectivity index (χ0n) is 12.3.